The largest absolute Gasteiger partial charge is 0.491 e. The van der Waals surface area contributed by atoms with Gasteiger partial charge in [0.15, 0.2) is 0 Å². The molecule has 0 bridgehead atoms. The average molecular weight is 299 g/mol. The molecule has 2 aromatic carbocycles. The van der Waals surface area contributed by atoms with E-state index in [1.54, 1.807) is 0 Å². The Morgan fingerprint density at radius 3 is 2.50 bits per heavy atom. The zero-order valence-corrected chi connectivity index (χ0v) is 13.5. The second kappa shape index (κ2) is 9.23. The van der Waals surface area contributed by atoms with Gasteiger partial charge < -0.3 is 14.8 Å². The maximum atomic E-state index is 5.72. The zero-order valence-electron chi connectivity index (χ0n) is 13.5. The summed E-state index contributed by atoms with van der Waals surface area (Å²) < 4.78 is 11.3. The lowest BCUT2D eigenvalue weighted by Crippen LogP contribution is -2.20. The van der Waals surface area contributed by atoms with E-state index in [-0.39, 0.29) is 0 Å². The fourth-order valence-electron chi connectivity index (χ4n) is 2.25. The highest BCUT2D eigenvalue weighted by Gasteiger charge is 1.99. The molecule has 0 aromatic heterocycles. The average Bonchev–Trinajstić information content (AvgIpc) is 2.52. The van der Waals surface area contributed by atoms with Crippen LogP contribution in [0.5, 0.6) is 5.75 Å². The van der Waals surface area contributed by atoms with Crippen LogP contribution in [0.3, 0.4) is 0 Å². The number of benzene rings is 2. The summed E-state index contributed by atoms with van der Waals surface area (Å²) in [6, 6.07) is 16.6. The molecule has 0 atom stereocenters. The molecule has 0 saturated heterocycles. The minimum absolute atomic E-state index is 0.586. The molecular formula is C19H25NO2. The van der Waals surface area contributed by atoms with Crippen LogP contribution in [0.2, 0.25) is 0 Å². The van der Waals surface area contributed by atoms with Crippen molar-refractivity contribution in [2.45, 2.75) is 20.4 Å². The molecule has 1 N–H and O–H groups in total. The molecule has 2 aromatic rings. The maximum Gasteiger partial charge on any atom is 0.122 e. The molecule has 0 aliphatic carbocycles. The van der Waals surface area contributed by atoms with Crippen LogP contribution in [0.4, 0.5) is 0 Å². The molecule has 22 heavy (non-hydrogen) atoms. The van der Waals surface area contributed by atoms with Crippen LogP contribution in [0, 0.1) is 13.8 Å². The second-order valence-electron chi connectivity index (χ2n) is 5.39. The van der Waals surface area contributed by atoms with Crippen molar-refractivity contribution >= 4 is 0 Å². The molecule has 0 spiro atoms. The summed E-state index contributed by atoms with van der Waals surface area (Å²) >= 11 is 0. The second-order valence-corrected chi connectivity index (χ2v) is 5.39. The van der Waals surface area contributed by atoms with Crippen LogP contribution in [-0.2, 0) is 11.3 Å². The molecule has 0 heterocycles. The van der Waals surface area contributed by atoms with Crippen LogP contribution in [-0.4, -0.2) is 26.4 Å². The Labute approximate surface area is 133 Å². The van der Waals surface area contributed by atoms with Gasteiger partial charge in [-0.3, -0.25) is 0 Å². The van der Waals surface area contributed by atoms with E-state index in [0.29, 0.717) is 19.8 Å². The molecule has 0 radical (unpaired) electrons. The lowest BCUT2D eigenvalue weighted by atomic mass is 10.1. The fraction of sp³-hybridized carbons (Fsp3) is 0.368. The summed E-state index contributed by atoms with van der Waals surface area (Å²) in [5, 5.41) is 3.36. The van der Waals surface area contributed by atoms with Gasteiger partial charge in [0.2, 0.25) is 0 Å². The molecular weight excluding hydrogens is 274 g/mol. The van der Waals surface area contributed by atoms with Gasteiger partial charge in [-0.25, -0.2) is 0 Å². The molecule has 0 amide bonds. The lowest BCUT2D eigenvalue weighted by molar-refractivity contribution is 0.101. The van der Waals surface area contributed by atoms with Gasteiger partial charge in [-0.1, -0.05) is 48.0 Å². The fourth-order valence-corrected chi connectivity index (χ4v) is 2.25. The number of hydrogen-bond donors (Lipinski definition) is 1. The SMILES string of the molecule is Cc1ccc(OCCOCCNCc2ccccc2)c(C)c1. The highest BCUT2D eigenvalue weighted by Crippen LogP contribution is 2.18. The van der Waals surface area contributed by atoms with Gasteiger partial charge in [0.1, 0.15) is 12.4 Å². The van der Waals surface area contributed by atoms with Crippen LogP contribution in [0.1, 0.15) is 16.7 Å². The third-order valence-corrected chi connectivity index (χ3v) is 3.41. The van der Waals surface area contributed by atoms with Crippen molar-refractivity contribution in [2.24, 2.45) is 0 Å². The van der Waals surface area contributed by atoms with Crippen molar-refractivity contribution in [1.29, 1.82) is 0 Å². The third-order valence-electron chi connectivity index (χ3n) is 3.41. The van der Waals surface area contributed by atoms with E-state index in [1.807, 2.05) is 12.1 Å². The summed E-state index contributed by atoms with van der Waals surface area (Å²) in [5.41, 5.74) is 3.72. The molecule has 3 heteroatoms. The van der Waals surface area contributed by atoms with E-state index in [4.69, 9.17) is 9.47 Å². The van der Waals surface area contributed by atoms with Gasteiger partial charge in [-0.2, -0.15) is 0 Å². The van der Waals surface area contributed by atoms with Gasteiger partial charge in [-0.05, 0) is 31.0 Å². The molecule has 0 unspecified atom stereocenters. The normalized spacial score (nSPS) is 10.6. The minimum atomic E-state index is 0.586. The van der Waals surface area contributed by atoms with Crippen molar-refractivity contribution in [1.82, 2.24) is 5.32 Å². The number of rotatable bonds is 9. The van der Waals surface area contributed by atoms with Gasteiger partial charge in [0.25, 0.3) is 0 Å². The van der Waals surface area contributed by atoms with E-state index < -0.39 is 0 Å². The van der Waals surface area contributed by atoms with E-state index in [0.717, 1.165) is 18.8 Å². The van der Waals surface area contributed by atoms with Gasteiger partial charge in [-0.15, -0.1) is 0 Å². The highest BCUT2D eigenvalue weighted by atomic mass is 16.5. The van der Waals surface area contributed by atoms with Crippen LogP contribution in [0.15, 0.2) is 48.5 Å². The molecule has 3 nitrogen and oxygen atoms in total. The zero-order chi connectivity index (χ0) is 15.6. The van der Waals surface area contributed by atoms with E-state index in [9.17, 15) is 0 Å². The number of aryl methyl sites for hydroxylation is 2. The molecule has 0 fully saturated rings. The Balaban J connectivity index is 1.51. The lowest BCUT2D eigenvalue weighted by Gasteiger charge is -2.10. The summed E-state index contributed by atoms with van der Waals surface area (Å²) in [7, 11) is 0. The third kappa shape index (κ3) is 5.88. The van der Waals surface area contributed by atoms with Crippen LogP contribution in [0.25, 0.3) is 0 Å². The van der Waals surface area contributed by atoms with E-state index in [2.05, 4.69) is 55.6 Å². The van der Waals surface area contributed by atoms with Crippen molar-refractivity contribution in [3.63, 3.8) is 0 Å². The summed E-state index contributed by atoms with van der Waals surface area (Å²) in [5.74, 6) is 0.941. The monoisotopic (exact) mass is 299 g/mol. The Kier molecular flexibility index (Phi) is 6.94. The van der Waals surface area contributed by atoms with Gasteiger partial charge >= 0.3 is 0 Å². The molecule has 0 aliphatic heterocycles. The van der Waals surface area contributed by atoms with Crippen LogP contribution < -0.4 is 10.1 Å². The number of nitrogens with one attached hydrogen (secondary N) is 1. The Morgan fingerprint density at radius 2 is 1.73 bits per heavy atom. The highest BCUT2D eigenvalue weighted by molar-refractivity contribution is 5.35. The smallest absolute Gasteiger partial charge is 0.122 e. The first kappa shape index (κ1) is 16.5. The first-order valence-corrected chi connectivity index (χ1v) is 7.78. The van der Waals surface area contributed by atoms with Gasteiger partial charge in [0.05, 0.1) is 13.2 Å². The van der Waals surface area contributed by atoms with E-state index in [1.165, 1.54) is 16.7 Å². The van der Waals surface area contributed by atoms with Crippen molar-refractivity contribution < 1.29 is 9.47 Å². The number of ether oxygens (including phenoxy) is 2. The standard InChI is InChI=1S/C19H25NO2/c1-16-8-9-19(17(2)14-16)22-13-12-21-11-10-20-15-18-6-4-3-5-7-18/h3-9,14,20H,10-13,15H2,1-2H3. The maximum absolute atomic E-state index is 5.72. The quantitative estimate of drug-likeness (QED) is 0.719. The predicted octanol–water partition coefficient (Wildman–Crippen LogP) is 3.49. The van der Waals surface area contributed by atoms with Crippen molar-refractivity contribution in [3.8, 4) is 5.75 Å². The molecule has 0 aliphatic rings. The Morgan fingerprint density at radius 1 is 0.909 bits per heavy atom. The molecule has 118 valence electrons. The summed E-state index contributed by atoms with van der Waals surface area (Å²) in [6.07, 6.45) is 0. The Hall–Kier alpha value is -1.84. The molecule has 2 rings (SSSR count). The van der Waals surface area contributed by atoms with E-state index >= 15 is 0 Å². The number of hydrogen-bond acceptors (Lipinski definition) is 3. The first-order chi connectivity index (χ1) is 10.8. The Bertz CT molecular complexity index is 555. The minimum Gasteiger partial charge on any atom is -0.491 e. The van der Waals surface area contributed by atoms with Crippen LogP contribution >= 0.6 is 0 Å². The van der Waals surface area contributed by atoms with Gasteiger partial charge in [0, 0.05) is 13.1 Å². The predicted molar refractivity (Wildman–Crippen MR) is 90.4 cm³/mol. The van der Waals surface area contributed by atoms with Crippen molar-refractivity contribution in [3.05, 3.63) is 65.2 Å². The van der Waals surface area contributed by atoms with Crippen molar-refractivity contribution in [2.75, 3.05) is 26.4 Å². The topological polar surface area (TPSA) is 30.5 Å². The summed E-state index contributed by atoms with van der Waals surface area (Å²) in [4.78, 5) is 0. The summed E-state index contributed by atoms with van der Waals surface area (Å²) in [6.45, 7) is 7.77. The molecule has 0 saturated carbocycles. The first-order valence-electron chi connectivity index (χ1n) is 7.78.